The fraction of sp³-hybridized carbons (Fsp3) is 0.684. The predicted molar refractivity (Wildman–Crippen MR) is 97.3 cm³/mol. The molecule has 6 nitrogen and oxygen atoms in total. The number of piperidine rings is 1. The van der Waals surface area contributed by atoms with E-state index >= 15 is 0 Å². The number of hydrogen-bond donors (Lipinski definition) is 1. The first-order valence-electron chi connectivity index (χ1n) is 9.37. The van der Waals surface area contributed by atoms with Crippen LogP contribution in [-0.4, -0.2) is 83.1 Å². The van der Waals surface area contributed by atoms with Gasteiger partial charge in [-0.2, -0.15) is 0 Å². The van der Waals surface area contributed by atoms with Crippen LogP contribution in [0.2, 0.25) is 0 Å². The van der Waals surface area contributed by atoms with Crippen molar-refractivity contribution in [3.63, 3.8) is 0 Å². The third kappa shape index (κ3) is 5.23. The van der Waals surface area contributed by atoms with Gasteiger partial charge in [0, 0.05) is 64.1 Å². The van der Waals surface area contributed by atoms with E-state index in [1.165, 1.54) is 5.56 Å². The fourth-order valence-corrected chi connectivity index (χ4v) is 4.21. The van der Waals surface area contributed by atoms with Crippen LogP contribution in [0.4, 0.5) is 0 Å². The molecule has 0 unspecified atom stereocenters. The molecule has 2 aliphatic heterocycles. The lowest BCUT2D eigenvalue weighted by Crippen LogP contribution is -2.56. The number of hydrogen-bond acceptors (Lipinski definition) is 5. The minimum atomic E-state index is -0.677. The Hall–Kier alpha value is -1.50. The number of carboxylic acid groups (broad SMARTS) is 1. The summed E-state index contributed by atoms with van der Waals surface area (Å²) in [6.07, 6.45) is 5.87. The van der Waals surface area contributed by atoms with E-state index in [1.807, 2.05) is 12.4 Å². The Morgan fingerprint density at radius 2 is 1.92 bits per heavy atom. The van der Waals surface area contributed by atoms with Crippen LogP contribution in [0.25, 0.3) is 0 Å². The molecule has 2 saturated heterocycles. The molecule has 0 saturated carbocycles. The summed E-state index contributed by atoms with van der Waals surface area (Å²) in [6, 6.07) is 4.67. The van der Waals surface area contributed by atoms with Gasteiger partial charge < -0.3 is 10.0 Å². The highest BCUT2D eigenvalue weighted by atomic mass is 16.4. The molecule has 138 valence electrons. The number of pyridine rings is 1. The summed E-state index contributed by atoms with van der Waals surface area (Å²) >= 11 is 0. The van der Waals surface area contributed by atoms with Gasteiger partial charge in [-0.05, 0) is 50.0 Å². The third-order valence-corrected chi connectivity index (χ3v) is 5.67. The first-order valence-corrected chi connectivity index (χ1v) is 9.37. The van der Waals surface area contributed by atoms with E-state index in [1.54, 1.807) is 0 Å². The lowest BCUT2D eigenvalue weighted by Gasteiger charge is -2.46. The summed E-state index contributed by atoms with van der Waals surface area (Å²) in [5.41, 5.74) is 1.28. The molecule has 0 aromatic carbocycles. The molecule has 0 spiro atoms. The quantitative estimate of drug-likeness (QED) is 0.840. The molecule has 1 N–H and O–H groups in total. The monoisotopic (exact) mass is 346 g/mol. The molecule has 0 aliphatic carbocycles. The van der Waals surface area contributed by atoms with Gasteiger partial charge in [0.2, 0.25) is 0 Å². The van der Waals surface area contributed by atoms with Gasteiger partial charge in [0.05, 0.1) is 0 Å². The van der Waals surface area contributed by atoms with E-state index in [2.05, 4.69) is 38.9 Å². The van der Waals surface area contributed by atoms with Gasteiger partial charge in [-0.15, -0.1) is 0 Å². The Kier molecular flexibility index (Phi) is 6.39. The second-order valence-corrected chi connectivity index (χ2v) is 7.48. The Bertz CT molecular complexity index is 546. The van der Waals surface area contributed by atoms with Crippen LogP contribution in [0.1, 0.15) is 24.8 Å². The van der Waals surface area contributed by atoms with Gasteiger partial charge in [-0.25, -0.2) is 0 Å². The first-order chi connectivity index (χ1) is 12.1. The number of aliphatic carboxylic acids is 1. The van der Waals surface area contributed by atoms with Crippen molar-refractivity contribution in [1.29, 1.82) is 0 Å². The molecule has 0 amide bonds. The number of likely N-dealkylation sites (tertiary alicyclic amines) is 1. The summed E-state index contributed by atoms with van der Waals surface area (Å²) < 4.78 is 0. The standard InChI is InChI=1S/C19H30N4O2/c1-21-10-12-23(13-11-21)18-6-9-22(14-16-4-7-20-8-5-16)15-17(18)2-3-19(24)25/h4-5,7-8,17-18H,2-3,6,9-15H2,1H3,(H,24,25)/t17-,18+/m0/s1. The molecule has 25 heavy (non-hydrogen) atoms. The van der Waals surface area contributed by atoms with Crippen LogP contribution in [0, 0.1) is 5.92 Å². The number of nitrogens with zero attached hydrogens (tertiary/aromatic N) is 4. The summed E-state index contributed by atoms with van der Waals surface area (Å²) in [7, 11) is 2.18. The van der Waals surface area contributed by atoms with Gasteiger partial charge in [0.15, 0.2) is 0 Å². The number of rotatable bonds is 6. The molecule has 2 aliphatic rings. The highest BCUT2D eigenvalue weighted by Crippen LogP contribution is 2.28. The van der Waals surface area contributed by atoms with Crippen LogP contribution < -0.4 is 0 Å². The minimum Gasteiger partial charge on any atom is -0.481 e. The first kappa shape index (κ1) is 18.3. The van der Waals surface area contributed by atoms with Gasteiger partial charge >= 0.3 is 5.97 Å². The normalized spacial score (nSPS) is 26.6. The van der Waals surface area contributed by atoms with Gasteiger partial charge in [0.1, 0.15) is 0 Å². The molecule has 1 aromatic rings. The lowest BCUT2D eigenvalue weighted by atomic mass is 9.86. The second-order valence-electron chi connectivity index (χ2n) is 7.48. The average Bonchev–Trinajstić information content (AvgIpc) is 2.62. The lowest BCUT2D eigenvalue weighted by molar-refractivity contribution is -0.137. The van der Waals surface area contributed by atoms with E-state index in [4.69, 9.17) is 5.11 Å². The van der Waals surface area contributed by atoms with E-state index < -0.39 is 5.97 Å². The molecule has 6 heteroatoms. The van der Waals surface area contributed by atoms with Gasteiger partial charge in [-0.3, -0.25) is 19.6 Å². The number of piperazine rings is 1. The Labute approximate surface area is 150 Å². The predicted octanol–water partition coefficient (Wildman–Crippen LogP) is 1.38. The van der Waals surface area contributed by atoms with Crippen molar-refractivity contribution >= 4 is 5.97 Å². The van der Waals surface area contributed by atoms with Crippen molar-refractivity contribution in [2.75, 3.05) is 46.3 Å². The van der Waals surface area contributed by atoms with Crippen LogP contribution in [0.5, 0.6) is 0 Å². The maximum Gasteiger partial charge on any atom is 0.303 e. The van der Waals surface area contributed by atoms with Crippen molar-refractivity contribution in [3.8, 4) is 0 Å². The number of carboxylic acids is 1. The number of aromatic nitrogens is 1. The highest BCUT2D eigenvalue weighted by Gasteiger charge is 2.34. The van der Waals surface area contributed by atoms with Crippen molar-refractivity contribution in [2.45, 2.75) is 31.8 Å². The molecular formula is C19H30N4O2. The van der Waals surface area contributed by atoms with E-state index in [9.17, 15) is 4.79 Å². The zero-order chi connectivity index (χ0) is 17.6. The maximum atomic E-state index is 11.1. The van der Waals surface area contributed by atoms with Crippen LogP contribution >= 0.6 is 0 Å². The Morgan fingerprint density at radius 1 is 1.20 bits per heavy atom. The molecule has 3 rings (SSSR count). The second kappa shape index (κ2) is 8.74. The largest absolute Gasteiger partial charge is 0.481 e. The Morgan fingerprint density at radius 3 is 2.60 bits per heavy atom. The molecule has 2 fully saturated rings. The summed E-state index contributed by atoms with van der Waals surface area (Å²) in [6.45, 7) is 7.45. The molecular weight excluding hydrogens is 316 g/mol. The number of likely N-dealkylation sites (N-methyl/N-ethyl adjacent to an activating group) is 1. The maximum absolute atomic E-state index is 11.1. The van der Waals surface area contributed by atoms with E-state index in [-0.39, 0.29) is 6.42 Å². The Balaban J connectivity index is 1.62. The average molecular weight is 346 g/mol. The van der Waals surface area contributed by atoms with Crippen LogP contribution in [0.3, 0.4) is 0 Å². The summed E-state index contributed by atoms with van der Waals surface area (Å²) in [5.74, 6) is -0.238. The molecule has 3 heterocycles. The zero-order valence-corrected chi connectivity index (χ0v) is 15.2. The van der Waals surface area contributed by atoms with Crippen LogP contribution in [0.15, 0.2) is 24.5 Å². The summed E-state index contributed by atoms with van der Waals surface area (Å²) in [4.78, 5) is 22.7. The van der Waals surface area contributed by atoms with Crippen molar-refractivity contribution in [1.82, 2.24) is 19.7 Å². The van der Waals surface area contributed by atoms with Crippen LogP contribution in [-0.2, 0) is 11.3 Å². The topological polar surface area (TPSA) is 59.9 Å². The molecule has 0 radical (unpaired) electrons. The number of carbonyl (C=O) groups is 1. The van der Waals surface area contributed by atoms with Crippen molar-refractivity contribution in [3.05, 3.63) is 30.1 Å². The van der Waals surface area contributed by atoms with Gasteiger partial charge in [0.25, 0.3) is 0 Å². The molecule has 0 bridgehead atoms. The molecule has 2 atom stereocenters. The van der Waals surface area contributed by atoms with E-state index in [0.717, 1.165) is 58.7 Å². The summed E-state index contributed by atoms with van der Waals surface area (Å²) in [5, 5.41) is 9.14. The van der Waals surface area contributed by atoms with Gasteiger partial charge in [-0.1, -0.05) is 0 Å². The third-order valence-electron chi connectivity index (χ3n) is 5.67. The SMILES string of the molecule is CN1CCN([C@@H]2CCN(Cc3ccncc3)C[C@@H]2CCC(=O)O)CC1. The fourth-order valence-electron chi connectivity index (χ4n) is 4.21. The minimum absolute atomic E-state index is 0.276. The van der Waals surface area contributed by atoms with Crippen molar-refractivity contribution in [2.24, 2.45) is 5.92 Å². The van der Waals surface area contributed by atoms with E-state index in [0.29, 0.717) is 12.0 Å². The smallest absolute Gasteiger partial charge is 0.303 e. The highest BCUT2D eigenvalue weighted by molar-refractivity contribution is 5.66. The molecule has 1 aromatic heterocycles. The van der Waals surface area contributed by atoms with Crippen molar-refractivity contribution < 1.29 is 9.90 Å². The zero-order valence-electron chi connectivity index (χ0n) is 15.2.